The van der Waals surface area contributed by atoms with Crippen LogP contribution >= 0.6 is 0 Å². The van der Waals surface area contributed by atoms with Gasteiger partial charge in [-0.3, -0.25) is 4.79 Å². The molecule has 0 saturated carbocycles. The van der Waals surface area contributed by atoms with E-state index in [1.807, 2.05) is 41.3 Å². The Morgan fingerprint density at radius 1 is 1.28 bits per heavy atom. The summed E-state index contributed by atoms with van der Waals surface area (Å²) < 4.78 is 6.53. The predicted molar refractivity (Wildman–Crippen MR) is 117 cm³/mol. The van der Waals surface area contributed by atoms with Crippen LogP contribution in [0.3, 0.4) is 0 Å². The monoisotopic (exact) mass is 433 g/mol. The van der Waals surface area contributed by atoms with Crippen molar-refractivity contribution in [2.24, 2.45) is 5.92 Å². The molecule has 1 aliphatic heterocycles. The van der Waals surface area contributed by atoms with Crippen molar-refractivity contribution in [3.63, 3.8) is 0 Å². The first-order chi connectivity index (χ1) is 15.6. The molecule has 4 rings (SSSR count). The van der Waals surface area contributed by atoms with Crippen LogP contribution in [-0.4, -0.2) is 50.4 Å². The van der Waals surface area contributed by atoms with E-state index >= 15 is 0 Å². The molecule has 0 amide bonds. The fourth-order valence-corrected chi connectivity index (χ4v) is 3.58. The average molecular weight is 433 g/mol. The van der Waals surface area contributed by atoms with Crippen LogP contribution in [0.25, 0.3) is 5.82 Å². The predicted octanol–water partition coefficient (Wildman–Crippen LogP) is 2.03. The number of esters is 1. The molecule has 164 valence electrons. The molecule has 32 heavy (non-hydrogen) atoms. The number of rotatable bonds is 6. The SMILES string of the molecule is CCOC(=O)C1CCCN(c2cc(-n3nc(Nc4ccccc4)nc3N)nc(C#N)n2)C1. The molecule has 1 aliphatic rings. The molecule has 1 fully saturated rings. The van der Waals surface area contributed by atoms with Crippen molar-refractivity contribution in [3.8, 4) is 11.9 Å². The highest BCUT2D eigenvalue weighted by Gasteiger charge is 2.28. The third-order valence-corrected chi connectivity index (χ3v) is 5.04. The van der Waals surface area contributed by atoms with Gasteiger partial charge in [0, 0.05) is 24.8 Å². The summed E-state index contributed by atoms with van der Waals surface area (Å²) in [7, 11) is 0. The first-order valence-electron chi connectivity index (χ1n) is 10.3. The van der Waals surface area contributed by atoms with Crippen LogP contribution in [0.15, 0.2) is 36.4 Å². The summed E-state index contributed by atoms with van der Waals surface area (Å²) in [5.41, 5.74) is 6.88. The molecule has 11 nitrogen and oxygen atoms in total. The molecule has 1 unspecified atom stereocenters. The minimum absolute atomic E-state index is 0.0248. The Bertz CT molecular complexity index is 1140. The quantitative estimate of drug-likeness (QED) is 0.553. The number of nitriles is 1. The van der Waals surface area contributed by atoms with Crippen molar-refractivity contribution in [2.75, 3.05) is 35.6 Å². The highest BCUT2D eigenvalue weighted by atomic mass is 16.5. The van der Waals surface area contributed by atoms with E-state index in [1.165, 1.54) is 4.68 Å². The number of nitrogens with zero attached hydrogens (tertiary/aromatic N) is 7. The summed E-state index contributed by atoms with van der Waals surface area (Å²) in [6, 6.07) is 13.1. The van der Waals surface area contributed by atoms with E-state index in [-0.39, 0.29) is 23.7 Å². The van der Waals surface area contributed by atoms with Crippen LogP contribution in [0.1, 0.15) is 25.6 Å². The molecule has 1 aromatic carbocycles. The molecule has 0 bridgehead atoms. The van der Waals surface area contributed by atoms with E-state index < -0.39 is 0 Å². The summed E-state index contributed by atoms with van der Waals surface area (Å²) in [4.78, 5) is 27.0. The zero-order chi connectivity index (χ0) is 22.5. The Labute approximate surface area is 184 Å². The number of benzene rings is 1. The Kier molecular flexibility index (Phi) is 6.12. The van der Waals surface area contributed by atoms with Gasteiger partial charge in [-0.1, -0.05) is 18.2 Å². The Morgan fingerprint density at radius 3 is 2.81 bits per heavy atom. The minimum atomic E-state index is -0.245. The van der Waals surface area contributed by atoms with Crippen LogP contribution < -0.4 is 16.0 Å². The van der Waals surface area contributed by atoms with Gasteiger partial charge >= 0.3 is 5.97 Å². The number of nitrogens with two attached hydrogens (primary N) is 1. The maximum absolute atomic E-state index is 12.2. The number of carbonyl (C=O) groups is 1. The lowest BCUT2D eigenvalue weighted by Gasteiger charge is -2.32. The van der Waals surface area contributed by atoms with E-state index in [2.05, 4.69) is 25.4 Å². The molecular formula is C21H23N9O2. The average Bonchev–Trinajstić information content (AvgIpc) is 3.19. The number of nitrogens with one attached hydrogen (secondary N) is 1. The van der Waals surface area contributed by atoms with Crippen molar-refractivity contribution < 1.29 is 9.53 Å². The number of para-hydroxylation sites is 1. The molecule has 2 aromatic heterocycles. The molecule has 0 aliphatic carbocycles. The largest absolute Gasteiger partial charge is 0.466 e. The fraction of sp³-hybridized carbons (Fsp3) is 0.333. The second kappa shape index (κ2) is 9.30. The van der Waals surface area contributed by atoms with Crippen molar-refractivity contribution in [2.45, 2.75) is 19.8 Å². The molecule has 3 aromatic rings. The number of aromatic nitrogens is 5. The summed E-state index contributed by atoms with van der Waals surface area (Å²) in [6.45, 7) is 3.28. The van der Waals surface area contributed by atoms with E-state index in [0.717, 1.165) is 18.5 Å². The number of hydrogen-bond acceptors (Lipinski definition) is 10. The fourth-order valence-electron chi connectivity index (χ4n) is 3.58. The normalized spacial score (nSPS) is 15.8. The van der Waals surface area contributed by atoms with Crippen molar-refractivity contribution in [1.82, 2.24) is 24.7 Å². The third-order valence-electron chi connectivity index (χ3n) is 5.04. The summed E-state index contributed by atoms with van der Waals surface area (Å²) in [5.74, 6) is 0.759. The number of hydrogen-bond donors (Lipinski definition) is 2. The lowest BCUT2D eigenvalue weighted by molar-refractivity contribution is -0.148. The molecule has 3 N–H and O–H groups in total. The molecule has 1 saturated heterocycles. The van der Waals surface area contributed by atoms with Gasteiger partial charge in [0.25, 0.3) is 0 Å². The van der Waals surface area contributed by atoms with Crippen LogP contribution in [0.2, 0.25) is 0 Å². The minimum Gasteiger partial charge on any atom is -0.466 e. The van der Waals surface area contributed by atoms with Gasteiger partial charge in [0.05, 0.1) is 12.5 Å². The Hall–Kier alpha value is -4.20. The van der Waals surface area contributed by atoms with Gasteiger partial charge in [0.1, 0.15) is 11.9 Å². The summed E-state index contributed by atoms with van der Waals surface area (Å²) in [5, 5.41) is 16.9. The standard InChI is InChI=1S/C21H23N9O2/c1-2-32-19(31)14-7-6-10-29(13-14)17-11-18(26-16(12-22)25-17)30-20(23)27-21(28-30)24-15-8-4-3-5-9-15/h3-5,8-9,11,14H,2,6-7,10,13H2,1H3,(H3,23,24,27,28). The molecule has 0 radical (unpaired) electrons. The first-order valence-corrected chi connectivity index (χ1v) is 10.3. The zero-order valence-corrected chi connectivity index (χ0v) is 17.6. The summed E-state index contributed by atoms with van der Waals surface area (Å²) in [6.07, 6.45) is 1.56. The van der Waals surface area contributed by atoms with Crippen molar-refractivity contribution in [1.29, 1.82) is 5.26 Å². The second-order valence-electron chi connectivity index (χ2n) is 7.25. The second-order valence-corrected chi connectivity index (χ2v) is 7.25. The van der Waals surface area contributed by atoms with E-state index in [1.54, 1.807) is 13.0 Å². The Balaban J connectivity index is 1.62. The van der Waals surface area contributed by atoms with Gasteiger partial charge in [0.2, 0.25) is 17.7 Å². The topological polar surface area (TPSA) is 148 Å². The van der Waals surface area contributed by atoms with Gasteiger partial charge in [0.15, 0.2) is 5.82 Å². The molecule has 1 atom stereocenters. The van der Waals surface area contributed by atoms with E-state index in [9.17, 15) is 10.1 Å². The molecule has 3 heterocycles. The van der Waals surface area contributed by atoms with Gasteiger partial charge in [-0.15, -0.1) is 5.10 Å². The molecular weight excluding hydrogens is 410 g/mol. The van der Waals surface area contributed by atoms with Crippen LogP contribution in [0.4, 0.5) is 23.4 Å². The van der Waals surface area contributed by atoms with Crippen LogP contribution in [0.5, 0.6) is 0 Å². The third kappa shape index (κ3) is 4.59. The Morgan fingerprint density at radius 2 is 2.06 bits per heavy atom. The first kappa shape index (κ1) is 21.0. The molecule has 0 spiro atoms. The van der Waals surface area contributed by atoms with E-state index in [0.29, 0.717) is 37.3 Å². The lowest BCUT2D eigenvalue weighted by atomic mass is 9.98. The highest BCUT2D eigenvalue weighted by Crippen LogP contribution is 2.25. The van der Waals surface area contributed by atoms with E-state index in [4.69, 9.17) is 10.5 Å². The van der Waals surface area contributed by atoms with Crippen molar-refractivity contribution in [3.05, 3.63) is 42.2 Å². The number of nitrogen functional groups attached to an aromatic ring is 1. The number of ether oxygens (including phenoxy) is 1. The van der Waals surface area contributed by atoms with Gasteiger partial charge in [-0.2, -0.15) is 19.9 Å². The lowest BCUT2D eigenvalue weighted by Crippen LogP contribution is -2.40. The highest BCUT2D eigenvalue weighted by molar-refractivity contribution is 5.73. The molecule has 11 heteroatoms. The van der Waals surface area contributed by atoms with Gasteiger partial charge in [-0.05, 0) is 31.9 Å². The number of carbonyl (C=O) groups excluding carboxylic acids is 1. The van der Waals surface area contributed by atoms with Gasteiger partial charge in [-0.25, -0.2) is 4.98 Å². The zero-order valence-electron chi connectivity index (χ0n) is 17.6. The van der Waals surface area contributed by atoms with Crippen molar-refractivity contribution >= 4 is 29.4 Å². The number of anilines is 4. The smallest absolute Gasteiger partial charge is 0.310 e. The number of piperidine rings is 1. The maximum atomic E-state index is 12.2. The van der Waals surface area contributed by atoms with Gasteiger partial charge < -0.3 is 20.7 Å². The van der Waals surface area contributed by atoms with Crippen LogP contribution in [-0.2, 0) is 9.53 Å². The summed E-state index contributed by atoms with van der Waals surface area (Å²) >= 11 is 0. The van der Waals surface area contributed by atoms with Crippen LogP contribution in [0, 0.1) is 17.2 Å². The maximum Gasteiger partial charge on any atom is 0.310 e.